The Morgan fingerprint density at radius 3 is 2.81 bits per heavy atom. The van der Waals surface area contributed by atoms with Gasteiger partial charge in [0.25, 0.3) is 0 Å². The molecule has 2 aliphatic rings. The summed E-state index contributed by atoms with van der Waals surface area (Å²) in [6.45, 7) is 4.92. The van der Waals surface area contributed by atoms with E-state index in [1.165, 1.54) is 5.56 Å². The molecule has 1 unspecified atom stereocenters. The molecule has 0 radical (unpaired) electrons. The van der Waals surface area contributed by atoms with E-state index >= 15 is 0 Å². The fraction of sp³-hybridized carbons (Fsp3) is 0.647. The fourth-order valence-corrected chi connectivity index (χ4v) is 3.57. The molecule has 1 fully saturated rings. The van der Waals surface area contributed by atoms with E-state index in [0.717, 1.165) is 43.9 Å². The minimum absolute atomic E-state index is 0.0158. The highest BCUT2D eigenvalue weighted by molar-refractivity contribution is 5.49. The Bertz CT molecular complexity index is 496. The molecule has 1 N–H and O–H groups in total. The molecule has 3 rings (SSSR count). The summed E-state index contributed by atoms with van der Waals surface area (Å²) in [6, 6.07) is 6.47. The van der Waals surface area contributed by atoms with E-state index in [4.69, 9.17) is 9.47 Å². The standard InChI is InChI=1S/C17H26N2O2/c1-4-20-14-6-5-7-15-16(14)13(18-2)12-17(21-15)8-10-19(3)11-9-17/h5-7,13,18H,4,8-12H2,1-3H3. The van der Waals surface area contributed by atoms with Crippen LogP contribution < -0.4 is 14.8 Å². The number of rotatable bonds is 3. The quantitative estimate of drug-likeness (QED) is 0.928. The first-order valence-corrected chi connectivity index (χ1v) is 7.98. The molecule has 0 aromatic heterocycles. The predicted molar refractivity (Wildman–Crippen MR) is 84.1 cm³/mol. The normalized spacial score (nSPS) is 24.4. The lowest BCUT2D eigenvalue weighted by molar-refractivity contribution is -0.0201. The number of nitrogens with zero attached hydrogens (tertiary/aromatic N) is 1. The molecule has 2 heterocycles. The molecule has 1 saturated heterocycles. The van der Waals surface area contributed by atoms with Crippen LogP contribution >= 0.6 is 0 Å². The van der Waals surface area contributed by atoms with Gasteiger partial charge in [-0.25, -0.2) is 0 Å². The second-order valence-corrected chi connectivity index (χ2v) is 6.23. The van der Waals surface area contributed by atoms with Gasteiger partial charge in [0.1, 0.15) is 17.1 Å². The van der Waals surface area contributed by atoms with Gasteiger partial charge >= 0.3 is 0 Å². The number of ether oxygens (including phenoxy) is 2. The van der Waals surface area contributed by atoms with Crippen LogP contribution in [0.2, 0.25) is 0 Å². The van der Waals surface area contributed by atoms with Gasteiger partial charge in [-0.15, -0.1) is 0 Å². The second-order valence-electron chi connectivity index (χ2n) is 6.23. The maximum atomic E-state index is 6.48. The molecule has 21 heavy (non-hydrogen) atoms. The zero-order chi connectivity index (χ0) is 14.9. The molecule has 116 valence electrons. The summed E-state index contributed by atoms with van der Waals surface area (Å²) in [4.78, 5) is 2.38. The smallest absolute Gasteiger partial charge is 0.128 e. The van der Waals surface area contributed by atoms with Crippen molar-refractivity contribution in [3.8, 4) is 11.5 Å². The Kier molecular flexibility index (Phi) is 4.09. The number of benzene rings is 1. The van der Waals surface area contributed by atoms with E-state index in [9.17, 15) is 0 Å². The Morgan fingerprint density at radius 2 is 2.14 bits per heavy atom. The summed E-state index contributed by atoms with van der Waals surface area (Å²) in [6.07, 6.45) is 3.22. The van der Waals surface area contributed by atoms with Crippen molar-refractivity contribution in [1.82, 2.24) is 10.2 Å². The van der Waals surface area contributed by atoms with Crippen LogP contribution in [0.1, 0.15) is 37.8 Å². The van der Waals surface area contributed by atoms with Crippen LogP contribution in [0.3, 0.4) is 0 Å². The number of hydrogen-bond donors (Lipinski definition) is 1. The van der Waals surface area contributed by atoms with Crippen molar-refractivity contribution in [2.75, 3.05) is 33.8 Å². The van der Waals surface area contributed by atoms with Crippen molar-refractivity contribution in [3.05, 3.63) is 23.8 Å². The third-order valence-corrected chi connectivity index (χ3v) is 4.82. The van der Waals surface area contributed by atoms with Crippen LogP contribution in [0, 0.1) is 0 Å². The van der Waals surface area contributed by atoms with Gasteiger partial charge in [0.05, 0.1) is 12.2 Å². The minimum atomic E-state index is -0.0158. The number of piperidine rings is 1. The molecule has 2 aliphatic heterocycles. The highest BCUT2D eigenvalue weighted by atomic mass is 16.5. The van der Waals surface area contributed by atoms with Crippen LogP contribution in [0.4, 0.5) is 0 Å². The van der Waals surface area contributed by atoms with Crippen molar-refractivity contribution in [3.63, 3.8) is 0 Å². The first-order valence-electron chi connectivity index (χ1n) is 7.98. The molecular formula is C17H26N2O2. The summed E-state index contributed by atoms with van der Waals surface area (Å²) >= 11 is 0. The van der Waals surface area contributed by atoms with Crippen molar-refractivity contribution in [2.24, 2.45) is 0 Å². The zero-order valence-corrected chi connectivity index (χ0v) is 13.3. The van der Waals surface area contributed by atoms with Gasteiger partial charge in [0.15, 0.2) is 0 Å². The van der Waals surface area contributed by atoms with Gasteiger partial charge in [-0.3, -0.25) is 0 Å². The Hall–Kier alpha value is -1.26. The average Bonchev–Trinajstić information content (AvgIpc) is 2.50. The Morgan fingerprint density at radius 1 is 1.38 bits per heavy atom. The summed E-state index contributed by atoms with van der Waals surface area (Å²) in [5.41, 5.74) is 1.17. The molecule has 0 amide bonds. The molecule has 1 spiro atoms. The third kappa shape index (κ3) is 2.74. The summed E-state index contributed by atoms with van der Waals surface area (Å²) in [5, 5.41) is 3.47. The van der Waals surface area contributed by atoms with Gasteiger partial charge in [-0.2, -0.15) is 0 Å². The second kappa shape index (κ2) is 5.85. The predicted octanol–water partition coefficient (Wildman–Crippen LogP) is 2.59. The van der Waals surface area contributed by atoms with Gasteiger partial charge in [-0.05, 0) is 46.0 Å². The molecule has 0 aliphatic carbocycles. The van der Waals surface area contributed by atoms with E-state index in [-0.39, 0.29) is 5.60 Å². The van der Waals surface area contributed by atoms with Gasteiger partial charge in [-0.1, -0.05) is 6.07 Å². The van der Waals surface area contributed by atoms with E-state index in [2.05, 4.69) is 23.3 Å². The number of hydrogen-bond acceptors (Lipinski definition) is 4. The number of likely N-dealkylation sites (tertiary alicyclic amines) is 1. The van der Waals surface area contributed by atoms with Crippen molar-refractivity contribution >= 4 is 0 Å². The molecular weight excluding hydrogens is 264 g/mol. The maximum absolute atomic E-state index is 6.48. The van der Waals surface area contributed by atoms with Crippen LogP contribution in [-0.2, 0) is 0 Å². The van der Waals surface area contributed by atoms with Crippen molar-refractivity contribution < 1.29 is 9.47 Å². The maximum Gasteiger partial charge on any atom is 0.128 e. The monoisotopic (exact) mass is 290 g/mol. The van der Waals surface area contributed by atoms with Crippen LogP contribution in [0.15, 0.2) is 18.2 Å². The molecule has 1 aromatic rings. The molecule has 4 nitrogen and oxygen atoms in total. The molecule has 1 aromatic carbocycles. The largest absolute Gasteiger partial charge is 0.493 e. The lowest BCUT2D eigenvalue weighted by atomic mass is 9.80. The van der Waals surface area contributed by atoms with E-state index in [0.29, 0.717) is 12.6 Å². The molecule has 4 heteroatoms. The van der Waals surface area contributed by atoms with Gasteiger partial charge < -0.3 is 19.7 Å². The summed E-state index contributed by atoms with van der Waals surface area (Å²) in [7, 11) is 4.22. The topological polar surface area (TPSA) is 33.7 Å². The highest BCUT2D eigenvalue weighted by Gasteiger charge is 2.43. The van der Waals surface area contributed by atoms with Crippen LogP contribution in [0.5, 0.6) is 11.5 Å². The zero-order valence-electron chi connectivity index (χ0n) is 13.3. The Labute approximate surface area is 127 Å². The van der Waals surface area contributed by atoms with Crippen molar-refractivity contribution in [2.45, 2.75) is 37.8 Å². The van der Waals surface area contributed by atoms with E-state index in [1.807, 2.05) is 26.1 Å². The molecule has 1 atom stereocenters. The van der Waals surface area contributed by atoms with Gasteiger partial charge in [0, 0.05) is 25.6 Å². The molecule has 0 saturated carbocycles. The highest BCUT2D eigenvalue weighted by Crippen LogP contribution is 2.47. The Balaban J connectivity index is 1.93. The van der Waals surface area contributed by atoms with Crippen LogP contribution in [0.25, 0.3) is 0 Å². The van der Waals surface area contributed by atoms with Gasteiger partial charge in [0.2, 0.25) is 0 Å². The summed E-state index contributed by atoms with van der Waals surface area (Å²) < 4.78 is 12.3. The molecule has 0 bridgehead atoms. The number of nitrogens with one attached hydrogen (secondary N) is 1. The van der Waals surface area contributed by atoms with E-state index < -0.39 is 0 Å². The number of fused-ring (bicyclic) bond motifs is 1. The first kappa shape index (κ1) is 14.7. The van der Waals surface area contributed by atoms with Crippen LogP contribution in [-0.4, -0.2) is 44.3 Å². The summed E-state index contributed by atoms with van der Waals surface area (Å²) in [5.74, 6) is 1.95. The van der Waals surface area contributed by atoms with E-state index in [1.54, 1.807) is 0 Å². The third-order valence-electron chi connectivity index (χ3n) is 4.82. The lowest BCUT2D eigenvalue weighted by Gasteiger charge is -2.46. The fourth-order valence-electron chi connectivity index (χ4n) is 3.57. The average molecular weight is 290 g/mol. The lowest BCUT2D eigenvalue weighted by Crippen LogP contribution is -2.50. The minimum Gasteiger partial charge on any atom is -0.493 e. The van der Waals surface area contributed by atoms with Crippen molar-refractivity contribution in [1.29, 1.82) is 0 Å². The first-order chi connectivity index (χ1) is 10.2. The SMILES string of the molecule is CCOc1cccc2c1C(NC)CC1(CCN(C)CC1)O2.